The molecule has 9 nitrogen and oxygen atoms in total. The van der Waals surface area contributed by atoms with E-state index in [1.54, 1.807) is 13.0 Å². The van der Waals surface area contributed by atoms with Gasteiger partial charge in [0.2, 0.25) is 10.0 Å². The summed E-state index contributed by atoms with van der Waals surface area (Å²) >= 11 is 0. The molecule has 1 unspecified atom stereocenters. The van der Waals surface area contributed by atoms with Crippen LogP contribution in [0.15, 0.2) is 23.1 Å². The van der Waals surface area contributed by atoms with Crippen LogP contribution in [0.5, 0.6) is 0 Å². The Balaban J connectivity index is 1.92. The van der Waals surface area contributed by atoms with Crippen molar-refractivity contribution in [1.29, 1.82) is 0 Å². The molecule has 1 aromatic carbocycles. The van der Waals surface area contributed by atoms with Gasteiger partial charge in [0.05, 0.1) is 31.3 Å². The molecule has 2 saturated heterocycles. The summed E-state index contributed by atoms with van der Waals surface area (Å²) in [4.78, 5) is 25.5. The Bertz CT molecular complexity index is 834. The van der Waals surface area contributed by atoms with Crippen molar-refractivity contribution in [3.8, 4) is 0 Å². The third-order valence-electron chi connectivity index (χ3n) is 4.70. The number of carbonyl (C=O) groups excluding carboxylic acids is 1. The van der Waals surface area contributed by atoms with E-state index in [1.807, 2.05) is 0 Å². The molecule has 1 atom stereocenters. The quantitative estimate of drug-likeness (QED) is 0.756. The lowest BCUT2D eigenvalue weighted by atomic mass is 10.1. The average Bonchev–Trinajstić information content (AvgIpc) is 2.68. The predicted molar refractivity (Wildman–Crippen MR) is 94.0 cm³/mol. The molecular formula is C17H22N2O7S. The normalized spacial score (nSPS) is 21.8. The third-order valence-corrected chi connectivity index (χ3v) is 6.74. The monoisotopic (exact) mass is 398 g/mol. The first-order valence-corrected chi connectivity index (χ1v) is 10.1. The highest BCUT2D eigenvalue weighted by Crippen LogP contribution is 2.24. The first-order valence-electron chi connectivity index (χ1n) is 8.62. The third kappa shape index (κ3) is 3.98. The highest BCUT2D eigenvalue weighted by Gasteiger charge is 2.34. The molecule has 0 spiro atoms. The zero-order chi connectivity index (χ0) is 19.6. The number of hydrogen-bond donors (Lipinski definition) is 1. The van der Waals surface area contributed by atoms with Crippen LogP contribution in [0.25, 0.3) is 0 Å². The molecule has 1 N–H and O–H groups in total. The average molecular weight is 398 g/mol. The molecule has 2 fully saturated rings. The van der Waals surface area contributed by atoms with Gasteiger partial charge in [-0.1, -0.05) is 6.07 Å². The topological polar surface area (TPSA) is 113 Å². The summed E-state index contributed by atoms with van der Waals surface area (Å²) in [5.41, 5.74) is 0.662. The van der Waals surface area contributed by atoms with Crippen LogP contribution in [0, 0.1) is 6.92 Å². The van der Waals surface area contributed by atoms with Gasteiger partial charge in [-0.25, -0.2) is 13.2 Å². The van der Waals surface area contributed by atoms with Gasteiger partial charge in [0, 0.05) is 25.2 Å². The standard InChI is InChI=1S/C17H22N2O7S/c1-12-2-3-13(16(20)19-6-9-26-11-14(19)17(21)22)10-15(12)27(23,24)18-4-7-25-8-5-18/h2-3,10,14H,4-9,11H2,1H3,(H,21,22). The smallest absolute Gasteiger partial charge is 0.328 e. The fourth-order valence-corrected chi connectivity index (χ4v) is 4.81. The Morgan fingerprint density at radius 3 is 2.44 bits per heavy atom. The molecule has 0 bridgehead atoms. The second-order valence-electron chi connectivity index (χ2n) is 6.42. The van der Waals surface area contributed by atoms with Crippen molar-refractivity contribution in [2.45, 2.75) is 17.9 Å². The summed E-state index contributed by atoms with van der Waals surface area (Å²) < 4.78 is 37.6. The molecule has 27 heavy (non-hydrogen) atoms. The molecular weight excluding hydrogens is 376 g/mol. The number of carboxylic acids is 1. The van der Waals surface area contributed by atoms with Gasteiger partial charge in [0.1, 0.15) is 0 Å². The van der Waals surface area contributed by atoms with Crippen LogP contribution < -0.4 is 0 Å². The van der Waals surface area contributed by atoms with Crippen molar-refractivity contribution >= 4 is 21.9 Å². The fraction of sp³-hybridized carbons (Fsp3) is 0.529. The Morgan fingerprint density at radius 1 is 1.11 bits per heavy atom. The minimum atomic E-state index is -3.77. The second-order valence-corrected chi connectivity index (χ2v) is 8.33. The van der Waals surface area contributed by atoms with Crippen LogP contribution in [0.1, 0.15) is 15.9 Å². The second kappa shape index (κ2) is 7.93. The summed E-state index contributed by atoms with van der Waals surface area (Å²) in [6.45, 7) is 3.10. The highest BCUT2D eigenvalue weighted by atomic mass is 32.2. The zero-order valence-corrected chi connectivity index (χ0v) is 15.8. The van der Waals surface area contributed by atoms with Gasteiger partial charge in [0.15, 0.2) is 6.04 Å². The van der Waals surface area contributed by atoms with E-state index in [0.717, 1.165) is 0 Å². The molecule has 2 aliphatic rings. The number of nitrogens with zero attached hydrogens (tertiary/aromatic N) is 2. The van der Waals surface area contributed by atoms with Gasteiger partial charge in [0.25, 0.3) is 5.91 Å². The molecule has 2 heterocycles. The minimum Gasteiger partial charge on any atom is -0.480 e. The Labute approximate surface area is 157 Å². The number of sulfonamides is 1. The predicted octanol–water partition coefficient (Wildman–Crippen LogP) is -0.0585. The summed E-state index contributed by atoms with van der Waals surface area (Å²) in [5.74, 6) is -1.68. The van der Waals surface area contributed by atoms with Crippen LogP contribution >= 0.6 is 0 Å². The SMILES string of the molecule is Cc1ccc(C(=O)N2CCOCC2C(=O)O)cc1S(=O)(=O)N1CCOCC1. The molecule has 2 aliphatic heterocycles. The van der Waals surface area contributed by atoms with Gasteiger partial charge in [-0.15, -0.1) is 0 Å². The number of hydrogen-bond acceptors (Lipinski definition) is 6. The number of morpholine rings is 2. The van der Waals surface area contributed by atoms with Crippen LogP contribution in [-0.4, -0.2) is 86.7 Å². The zero-order valence-electron chi connectivity index (χ0n) is 15.0. The van der Waals surface area contributed by atoms with Crippen molar-refractivity contribution in [3.05, 3.63) is 29.3 Å². The van der Waals surface area contributed by atoms with Crippen LogP contribution in [0.2, 0.25) is 0 Å². The lowest BCUT2D eigenvalue weighted by Crippen LogP contribution is -2.52. The number of benzene rings is 1. The molecule has 0 aromatic heterocycles. The van der Waals surface area contributed by atoms with Crippen molar-refractivity contribution in [2.24, 2.45) is 0 Å². The van der Waals surface area contributed by atoms with E-state index in [4.69, 9.17) is 9.47 Å². The molecule has 0 saturated carbocycles. The van der Waals surface area contributed by atoms with Gasteiger partial charge in [-0.2, -0.15) is 4.31 Å². The van der Waals surface area contributed by atoms with E-state index in [0.29, 0.717) is 18.8 Å². The van der Waals surface area contributed by atoms with Crippen molar-refractivity contribution in [3.63, 3.8) is 0 Å². The Hall–Kier alpha value is -2.01. The number of aryl methyl sites for hydroxylation is 1. The van der Waals surface area contributed by atoms with Crippen LogP contribution in [0.4, 0.5) is 0 Å². The van der Waals surface area contributed by atoms with Crippen molar-refractivity contribution in [2.75, 3.05) is 46.1 Å². The molecule has 148 valence electrons. The van der Waals surface area contributed by atoms with E-state index in [9.17, 15) is 23.1 Å². The lowest BCUT2D eigenvalue weighted by molar-refractivity contribution is -0.147. The van der Waals surface area contributed by atoms with E-state index in [1.165, 1.54) is 21.3 Å². The fourth-order valence-electron chi connectivity index (χ4n) is 3.15. The molecule has 0 aliphatic carbocycles. The van der Waals surface area contributed by atoms with E-state index >= 15 is 0 Å². The van der Waals surface area contributed by atoms with E-state index in [2.05, 4.69) is 0 Å². The van der Waals surface area contributed by atoms with Crippen LogP contribution in [-0.2, 0) is 24.3 Å². The largest absolute Gasteiger partial charge is 0.480 e. The maximum Gasteiger partial charge on any atom is 0.328 e. The van der Waals surface area contributed by atoms with E-state index in [-0.39, 0.29) is 43.3 Å². The van der Waals surface area contributed by atoms with Gasteiger partial charge in [-0.05, 0) is 24.6 Å². The number of carbonyl (C=O) groups is 2. The summed E-state index contributed by atoms with van der Waals surface area (Å²) in [5, 5.41) is 9.31. The summed E-state index contributed by atoms with van der Waals surface area (Å²) in [6.07, 6.45) is 0. The molecule has 10 heteroatoms. The molecule has 1 aromatic rings. The molecule has 1 amide bonds. The number of amides is 1. The van der Waals surface area contributed by atoms with E-state index < -0.39 is 27.9 Å². The Morgan fingerprint density at radius 2 is 1.78 bits per heavy atom. The van der Waals surface area contributed by atoms with Crippen molar-refractivity contribution < 1.29 is 32.6 Å². The first-order chi connectivity index (χ1) is 12.8. The maximum absolute atomic E-state index is 13.0. The number of ether oxygens (including phenoxy) is 2. The van der Waals surface area contributed by atoms with Gasteiger partial charge in [-0.3, -0.25) is 4.79 Å². The minimum absolute atomic E-state index is 0.0513. The maximum atomic E-state index is 13.0. The first kappa shape index (κ1) is 19.7. The van der Waals surface area contributed by atoms with Crippen LogP contribution in [0.3, 0.4) is 0 Å². The molecule has 0 radical (unpaired) electrons. The highest BCUT2D eigenvalue weighted by molar-refractivity contribution is 7.89. The summed E-state index contributed by atoms with van der Waals surface area (Å²) in [6, 6.07) is 3.32. The van der Waals surface area contributed by atoms with Gasteiger partial charge >= 0.3 is 5.97 Å². The van der Waals surface area contributed by atoms with Gasteiger partial charge < -0.3 is 19.5 Å². The number of carboxylic acid groups (broad SMARTS) is 1. The molecule has 3 rings (SSSR count). The number of rotatable bonds is 4. The Kier molecular flexibility index (Phi) is 5.80. The van der Waals surface area contributed by atoms with Crippen molar-refractivity contribution in [1.82, 2.24) is 9.21 Å². The number of aliphatic carboxylic acids is 1. The lowest BCUT2D eigenvalue weighted by Gasteiger charge is -2.33. The summed E-state index contributed by atoms with van der Waals surface area (Å²) in [7, 11) is -3.77.